The number of aromatic nitrogens is 4. The number of hydrogen-bond acceptors (Lipinski definition) is 7. The first kappa shape index (κ1) is 14.1. The largest absolute Gasteiger partial charge is 0.381 e. The van der Waals surface area contributed by atoms with Gasteiger partial charge in [0.05, 0.1) is 6.61 Å². The molecule has 1 atom stereocenters. The lowest BCUT2D eigenvalue weighted by atomic mass is 10.1. The van der Waals surface area contributed by atoms with E-state index in [4.69, 9.17) is 13.8 Å². The lowest BCUT2D eigenvalue weighted by Gasteiger charge is -1.97. The first-order chi connectivity index (χ1) is 11.4. The first-order valence-corrected chi connectivity index (χ1v) is 7.67. The quantitative estimate of drug-likeness (QED) is 0.715. The van der Waals surface area contributed by atoms with Crippen molar-refractivity contribution in [1.82, 2.24) is 20.3 Å². The molecule has 0 aliphatic carbocycles. The van der Waals surface area contributed by atoms with Crippen LogP contribution in [0, 0.1) is 0 Å². The van der Waals surface area contributed by atoms with Gasteiger partial charge in [-0.15, -0.1) is 0 Å². The van der Waals surface area contributed by atoms with Crippen LogP contribution in [-0.2, 0) is 17.6 Å². The summed E-state index contributed by atoms with van der Waals surface area (Å²) in [5.74, 6) is 2.72. The molecule has 3 heterocycles. The van der Waals surface area contributed by atoms with Gasteiger partial charge >= 0.3 is 0 Å². The van der Waals surface area contributed by atoms with Crippen molar-refractivity contribution in [3.8, 4) is 11.4 Å². The molecule has 1 fully saturated rings. The molecule has 1 aliphatic rings. The van der Waals surface area contributed by atoms with E-state index in [2.05, 4.69) is 20.3 Å². The van der Waals surface area contributed by atoms with E-state index in [1.54, 1.807) is 0 Å². The van der Waals surface area contributed by atoms with Gasteiger partial charge in [-0.1, -0.05) is 40.6 Å². The van der Waals surface area contributed by atoms with Crippen molar-refractivity contribution < 1.29 is 13.8 Å². The summed E-state index contributed by atoms with van der Waals surface area (Å²) in [4.78, 5) is 8.82. The molecule has 3 aromatic rings. The summed E-state index contributed by atoms with van der Waals surface area (Å²) in [5.41, 5.74) is 0.934. The Morgan fingerprint density at radius 1 is 0.957 bits per heavy atom. The molecule has 7 nitrogen and oxygen atoms in total. The zero-order valence-corrected chi connectivity index (χ0v) is 12.5. The molecule has 0 saturated carbocycles. The molecule has 1 aromatic carbocycles. The Morgan fingerprint density at radius 3 is 2.52 bits per heavy atom. The Morgan fingerprint density at radius 2 is 1.74 bits per heavy atom. The second-order valence-electron chi connectivity index (χ2n) is 5.48. The Hall–Kier alpha value is -2.54. The maximum atomic E-state index is 5.34. The summed E-state index contributed by atoms with van der Waals surface area (Å²) in [6.45, 7) is 1.43. The maximum absolute atomic E-state index is 5.34. The fourth-order valence-corrected chi connectivity index (χ4v) is 2.55. The van der Waals surface area contributed by atoms with Crippen LogP contribution in [0.3, 0.4) is 0 Å². The highest BCUT2D eigenvalue weighted by Gasteiger charge is 2.23. The van der Waals surface area contributed by atoms with Crippen LogP contribution >= 0.6 is 0 Å². The van der Waals surface area contributed by atoms with Crippen molar-refractivity contribution in [2.45, 2.75) is 25.2 Å². The van der Waals surface area contributed by atoms with Crippen LogP contribution in [0.4, 0.5) is 0 Å². The first-order valence-electron chi connectivity index (χ1n) is 7.67. The van der Waals surface area contributed by atoms with Crippen molar-refractivity contribution in [3.63, 3.8) is 0 Å². The van der Waals surface area contributed by atoms with Gasteiger partial charge in [0.25, 0.3) is 0 Å². The molecule has 23 heavy (non-hydrogen) atoms. The van der Waals surface area contributed by atoms with Gasteiger partial charge in [0.2, 0.25) is 17.6 Å². The maximum Gasteiger partial charge on any atom is 0.227 e. The van der Waals surface area contributed by atoms with Crippen molar-refractivity contribution in [2.75, 3.05) is 13.2 Å². The normalized spacial score (nSPS) is 17.7. The van der Waals surface area contributed by atoms with E-state index in [1.165, 1.54) is 0 Å². The third kappa shape index (κ3) is 3.14. The van der Waals surface area contributed by atoms with Gasteiger partial charge in [-0.25, -0.2) is 0 Å². The van der Waals surface area contributed by atoms with Crippen LogP contribution in [0.2, 0.25) is 0 Å². The summed E-state index contributed by atoms with van der Waals surface area (Å²) in [5, 5.41) is 8.03. The van der Waals surface area contributed by atoms with Gasteiger partial charge in [0, 0.05) is 30.9 Å². The van der Waals surface area contributed by atoms with Gasteiger partial charge in [0.1, 0.15) is 0 Å². The van der Waals surface area contributed by atoms with Gasteiger partial charge in [-0.2, -0.15) is 9.97 Å². The van der Waals surface area contributed by atoms with Crippen LogP contribution in [0.5, 0.6) is 0 Å². The van der Waals surface area contributed by atoms with E-state index < -0.39 is 0 Å². The lowest BCUT2D eigenvalue weighted by Crippen LogP contribution is -2.00. The average molecular weight is 312 g/mol. The number of benzene rings is 1. The summed E-state index contributed by atoms with van der Waals surface area (Å²) in [7, 11) is 0. The Kier molecular flexibility index (Phi) is 3.85. The minimum absolute atomic E-state index is 0.251. The molecule has 7 heteroatoms. The van der Waals surface area contributed by atoms with E-state index in [0.717, 1.165) is 24.4 Å². The Balaban J connectivity index is 1.39. The number of ether oxygens (including phenoxy) is 1. The molecule has 0 amide bonds. The Labute approximate surface area is 132 Å². The zero-order chi connectivity index (χ0) is 15.5. The van der Waals surface area contributed by atoms with Crippen LogP contribution in [-0.4, -0.2) is 33.5 Å². The van der Waals surface area contributed by atoms with E-state index in [1.807, 2.05) is 30.3 Å². The third-order valence-corrected chi connectivity index (χ3v) is 3.83. The Bertz CT molecular complexity index is 762. The highest BCUT2D eigenvalue weighted by Crippen LogP contribution is 2.22. The molecule has 4 rings (SSSR count). The summed E-state index contributed by atoms with van der Waals surface area (Å²) >= 11 is 0. The molecule has 1 saturated heterocycles. The van der Waals surface area contributed by atoms with Gasteiger partial charge in [0.15, 0.2) is 5.82 Å². The molecule has 0 N–H and O–H groups in total. The van der Waals surface area contributed by atoms with E-state index in [-0.39, 0.29) is 5.92 Å². The van der Waals surface area contributed by atoms with Crippen LogP contribution in [0.1, 0.15) is 29.9 Å². The van der Waals surface area contributed by atoms with E-state index in [9.17, 15) is 0 Å². The smallest absolute Gasteiger partial charge is 0.227 e. The molecule has 2 aromatic heterocycles. The van der Waals surface area contributed by atoms with Gasteiger partial charge < -0.3 is 13.8 Å². The molecular weight excluding hydrogens is 296 g/mol. The van der Waals surface area contributed by atoms with E-state index >= 15 is 0 Å². The fraction of sp³-hybridized carbons (Fsp3) is 0.375. The number of nitrogens with zero attached hydrogens (tertiary/aromatic N) is 4. The number of aryl methyl sites for hydroxylation is 2. The predicted octanol–water partition coefficient (Wildman–Crippen LogP) is 2.41. The third-order valence-electron chi connectivity index (χ3n) is 3.83. The fourth-order valence-electron chi connectivity index (χ4n) is 2.55. The standard InChI is InChI=1S/C16H16N4O3/c1-2-4-11(5-3-1)15-17-13(22-19-15)6-7-14-18-16(20-23-14)12-8-9-21-10-12/h1-5,12H,6-10H2/t12-/m0/s1. The van der Waals surface area contributed by atoms with Crippen LogP contribution in [0.25, 0.3) is 11.4 Å². The summed E-state index contributed by atoms with van der Waals surface area (Å²) in [6, 6.07) is 9.73. The van der Waals surface area contributed by atoms with E-state index in [0.29, 0.717) is 37.1 Å². The van der Waals surface area contributed by atoms with Gasteiger partial charge in [-0.05, 0) is 6.42 Å². The van der Waals surface area contributed by atoms with Crippen molar-refractivity contribution in [1.29, 1.82) is 0 Å². The van der Waals surface area contributed by atoms with Crippen molar-refractivity contribution in [3.05, 3.63) is 47.9 Å². The topological polar surface area (TPSA) is 87.1 Å². The molecular formula is C16H16N4O3. The second kappa shape index (κ2) is 6.29. The molecule has 0 bridgehead atoms. The summed E-state index contributed by atoms with van der Waals surface area (Å²) in [6.07, 6.45) is 2.10. The van der Waals surface area contributed by atoms with Crippen LogP contribution in [0.15, 0.2) is 39.4 Å². The molecule has 0 spiro atoms. The minimum atomic E-state index is 0.251. The zero-order valence-electron chi connectivity index (χ0n) is 12.5. The SMILES string of the molecule is c1ccc(-c2noc(CCc3nc([C@H]4CCOC4)no3)n2)cc1. The monoisotopic (exact) mass is 312 g/mol. The highest BCUT2D eigenvalue weighted by molar-refractivity contribution is 5.53. The number of rotatable bonds is 5. The number of hydrogen-bond donors (Lipinski definition) is 0. The minimum Gasteiger partial charge on any atom is -0.381 e. The highest BCUT2D eigenvalue weighted by atomic mass is 16.5. The van der Waals surface area contributed by atoms with Crippen molar-refractivity contribution >= 4 is 0 Å². The molecule has 0 unspecified atom stereocenters. The average Bonchev–Trinajstić information content (AvgIpc) is 3.33. The molecule has 0 radical (unpaired) electrons. The second-order valence-corrected chi connectivity index (χ2v) is 5.48. The van der Waals surface area contributed by atoms with Crippen LogP contribution < -0.4 is 0 Å². The summed E-state index contributed by atoms with van der Waals surface area (Å²) < 4.78 is 15.9. The molecule has 1 aliphatic heterocycles. The predicted molar refractivity (Wildman–Crippen MR) is 79.6 cm³/mol. The lowest BCUT2D eigenvalue weighted by molar-refractivity contribution is 0.192. The molecule has 118 valence electrons. The van der Waals surface area contributed by atoms with Gasteiger partial charge in [-0.3, -0.25) is 0 Å². The van der Waals surface area contributed by atoms with Crippen molar-refractivity contribution in [2.24, 2.45) is 0 Å².